The van der Waals surface area contributed by atoms with Crippen LogP contribution in [-0.4, -0.2) is 17.6 Å². The first-order valence-corrected chi connectivity index (χ1v) is 8.70. The largest absolute Gasteiger partial charge is 0.361 e. The van der Waals surface area contributed by atoms with Crippen LogP contribution in [0.4, 0.5) is 4.39 Å². The van der Waals surface area contributed by atoms with Crippen LogP contribution in [0.5, 0.6) is 0 Å². The first kappa shape index (κ1) is 15.9. The summed E-state index contributed by atoms with van der Waals surface area (Å²) in [4.78, 5) is 3.25. The van der Waals surface area contributed by atoms with E-state index in [0.29, 0.717) is 6.04 Å². The molecule has 4 rings (SSSR count). The maximum absolute atomic E-state index is 13.1. The molecular formula is C22H21FN2. The molecule has 0 saturated carbocycles. The predicted octanol–water partition coefficient (Wildman–Crippen LogP) is 5.16. The molecule has 25 heavy (non-hydrogen) atoms. The lowest BCUT2D eigenvalue weighted by molar-refractivity contribution is 0.542. The number of fused-ring (bicyclic) bond motifs is 1. The normalized spacial score (nSPS) is 18.0. The van der Waals surface area contributed by atoms with Crippen LogP contribution in [-0.2, 0) is 0 Å². The Hall–Kier alpha value is -2.65. The SMILES string of the molecule is Fc1ccc(C2=CCNC(CC=Cc3cccc4[nH]ccc34)C2)cc1. The number of H-pyrrole nitrogens is 1. The summed E-state index contributed by atoms with van der Waals surface area (Å²) in [7, 11) is 0. The molecular weight excluding hydrogens is 311 g/mol. The van der Waals surface area contributed by atoms with E-state index >= 15 is 0 Å². The van der Waals surface area contributed by atoms with E-state index in [1.54, 1.807) is 0 Å². The minimum Gasteiger partial charge on any atom is -0.361 e. The van der Waals surface area contributed by atoms with Crippen molar-refractivity contribution < 1.29 is 4.39 Å². The molecule has 2 N–H and O–H groups in total. The Morgan fingerprint density at radius 1 is 1.08 bits per heavy atom. The lowest BCUT2D eigenvalue weighted by atomic mass is 9.93. The lowest BCUT2D eigenvalue weighted by Crippen LogP contribution is -2.32. The maximum atomic E-state index is 13.1. The topological polar surface area (TPSA) is 27.8 Å². The Morgan fingerprint density at radius 3 is 2.84 bits per heavy atom. The third-order valence-corrected chi connectivity index (χ3v) is 4.78. The van der Waals surface area contributed by atoms with Crippen molar-refractivity contribution in [2.24, 2.45) is 0 Å². The summed E-state index contributed by atoms with van der Waals surface area (Å²) in [6.45, 7) is 0.860. The minimum atomic E-state index is -0.184. The Balaban J connectivity index is 1.42. The molecule has 1 aromatic heterocycles. The summed E-state index contributed by atoms with van der Waals surface area (Å²) >= 11 is 0. The number of aromatic amines is 1. The van der Waals surface area contributed by atoms with Gasteiger partial charge < -0.3 is 10.3 Å². The molecule has 3 heteroatoms. The molecule has 1 aliphatic rings. The third kappa shape index (κ3) is 3.57. The molecule has 126 valence electrons. The summed E-state index contributed by atoms with van der Waals surface area (Å²) in [5.41, 5.74) is 4.82. The van der Waals surface area contributed by atoms with Gasteiger partial charge in [0.1, 0.15) is 5.82 Å². The van der Waals surface area contributed by atoms with Gasteiger partial charge in [-0.15, -0.1) is 0 Å². The van der Waals surface area contributed by atoms with Crippen molar-refractivity contribution in [3.63, 3.8) is 0 Å². The van der Waals surface area contributed by atoms with E-state index in [2.05, 4.69) is 52.8 Å². The number of nitrogens with one attached hydrogen (secondary N) is 2. The lowest BCUT2D eigenvalue weighted by Gasteiger charge is -2.23. The molecule has 0 fully saturated rings. The van der Waals surface area contributed by atoms with E-state index < -0.39 is 0 Å². The van der Waals surface area contributed by atoms with Gasteiger partial charge in [0.05, 0.1) is 0 Å². The van der Waals surface area contributed by atoms with Crippen LogP contribution in [0.25, 0.3) is 22.6 Å². The molecule has 0 aliphatic carbocycles. The van der Waals surface area contributed by atoms with Crippen molar-refractivity contribution in [1.29, 1.82) is 0 Å². The highest BCUT2D eigenvalue weighted by molar-refractivity contribution is 5.88. The number of hydrogen-bond acceptors (Lipinski definition) is 1. The second-order valence-corrected chi connectivity index (χ2v) is 6.47. The van der Waals surface area contributed by atoms with Gasteiger partial charge in [-0.25, -0.2) is 4.39 Å². The summed E-state index contributed by atoms with van der Waals surface area (Å²) in [5.74, 6) is -0.184. The molecule has 2 aromatic carbocycles. The zero-order chi connectivity index (χ0) is 17.1. The van der Waals surface area contributed by atoms with Gasteiger partial charge in [0.15, 0.2) is 0 Å². The van der Waals surface area contributed by atoms with Gasteiger partial charge >= 0.3 is 0 Å². The first-order chi connectivity index (χ1) is 12.3. The molecule has 0 amide bonds. The van der Waals surface area contributed by atoms with Crippen LogP contribution in [0.3, 0.4) is 0 Å². The standard InChI is InChI=1S/C22H21FN2/c23-19-9-7-16(8-10-19)18-11-13-24-20(15-18)5-1-3-17-4-2-6-22-21(17)12-14-25-22/h1-4,6-12,14,20,24-25H,5,13,15H2. The van der Waals surface area contributed by atoms with Crippen molar-refractivity contribution in [1.82, 2.24) is 10.3 Å². The van der Waals surface area contributed by atoms with Gasteiger partial charge in [0.25, 0.3) is 0 Å². The summed E-state index contributed by atoms with van der Waals surface area (Å²) in [6, 6.07) is 15.6. The van der Waals surface area contributed by atoms with Gasteiger partial charge in [-0.05, 0) is 53.8 Å². The Morgan fingerprint density at radius 2 is 1.96 bits per heavy atom. The smallest absolute Gasteiger partial charge is 0.123 e. The van der Waals surface area contributed by atoms with E-state index in [-0.39, 0.29) is 5.82 Å². The van der Waals surface area contributed by atoms with Crippen molar-refractivity contribution in [2.45, 2.75) is 18.9 Å². The minimum absolute atomic E-state index is 0.184. The molecule has 2 nitrogen and oxygen atoms in total. The van der Waals surface area contributed by atoms with Crippen LogP contribution in [0.2, 0.25) is 0 Å². The average molecular weight is 332 g/mol. The second-order valence-electron chi connectivity index (χ2n) is 6.47. The predicted molar refractivity (Wildman–Crippen MR) is 103 cm³/mol. The monoisotopic (exact) mass is 332 g/mol. The molecule has 0 bridgehead atoms. The third-order valence-electron chi connectivity index (χ3n) is 4.78. The van der Waals surface area contributed by atoms with Crippen LogP contribution < -0.4 is 5.32 Å². The maximum Gasteiger partial charge on any atom is 0.123 e. The molecule has 1 aliphatic heterocycles. The number of rotatable bonds is 4. The van der Waals surface area contributed by atoms with Crippen molar-refractivity contribution >= 4 is 22.6 Å². The second kappa shape index (κ2) is 7.08. The van der Waals surface area contributed by atoms with Crippen molar-refractivity contribution in [3.05, 3.63) is 83.8 Å². The van der Waals surface area contributed by atoms with Crippen molar-refractivity contribution in [2.75, 3.05) is 6.54 Å². The van der Waals surface area contributed by atoms with Gasteiger partial charge in [0, 0.05) is 29.7 Å². The van der Waals surface area contributed by atoms with Gasteiger partial charge in [-0.2, -0.15) is 0 Å². The van der Waals surface area contributed by atoms with E-state index in [4.69, 9.17) is 0 Å². The Bertz CT molecular complexity index is 919. The fraction of sp³-hybridized carbons (Fsp3) is 0.182. The molecule has 1 unspecified atom stereocenters. The van der Waals surface area contributed by atoms with Crippen LogP contribution >= 0.6 is 0 Å². The molecule has 2 heterocycles. The Labute approximate surface area is 147 Å². The number of hydrogen-bond donors (Lipinski definition) is 2. The van der Waals surface area contributed by atoms with E-state index in [1.165, 1.54) is 34.2 Å². The van der Waals surface area contributed by atoms with Crippen molar-refractivity contribution in [3.8, 4) is 0 Å². The summed E-state index contributed by atoms with van der Waals surface area (Å²) in [6.07, 6.45) is 10.6. The highest BCUT2D eigenvalue weighted by atomic mass is 19.1. The van der Waals surface area contributed by atoms with Crippen LogP contribution in [0.1, 0.15) is 24.0 Å². The van der Waals surface area contributed by atoms with Gasteiger partial charge in [0.2, 0.25) is 0 Å². The van der Waals surface area contributed by atoms with Gasteiger partial charge in [-0.3, -0.25) is 0 Å². The first-order valence-electron chi connectivity index (χ1n) is 8.70. The number of aromatic nitrogens is 1. The number of halogens is 1. The van der Waals surface area contributed by atoms with E-state index in [1.807, 2.05) is 18.3 Å². The summed E-state index contributed by atoms with van der Waals surface area (Å²) in [5, 5.41) is 4.79. The zero-order valence-electron chi connectivity index (χ0n) is 14.0. The number of benzene rings is 2. The average Bonchev–Trinajstić information content (AvgIpc) is 3.12. The fourth-order valence-electron chi connectivity index (χ4n) is 3.45. The van der Waals surface area contributed by atoms with E-state index in [9.17, 15) is 4.39 Å². The van der Waals surface area contributed by atoms with E-state index in [0.717, 1.165) is 24.9 Å². The highest BCUT2D eigenvalue weighted by Crippen LogP contribution is 2.25. The molecule has 0 spiro atoms. The summed E-state index contributed by atoms with van der Waals surface area (Å²) < 4.78 is 13.1. The Kier molecular flexibility index (Phi) is 4.49. The molecule has 3 aromatic rings. The van der Waals surface area contributed by atoms with Gasteiger partial charge in [-0.1, -0.05) is 42.5 Å². The fourth-order valence-corrected chi connectivity index (χ4v) is 3.45. The molecule has 0 saturated heterocycles. The highest BCUT2D eigenvalue weighted by Gasteiger charge is 2.14. The zero-order valence-corrected chi connectivity index (χ0v) is 14.0. The van der Waals surface area contributed by atoms with Crippen LogP contribution in [0, 0.1) is 5.82 Å². The molecule has 1 atom stereocenters. The quantitative estimate of drug-likeness (QED) is 0.679. The molecule has 0 radical (unpaired) electrons. The van der Waals surface area contributed by atoms with Crippen LogP contribution in [0.15, 0.2) is 66.9 Å².